The standard InChI is InChI=1S/C49H95NO6/c1-6-10-14-18-20-28-37-46(35-26-16-12-8-3)48(52)55-42-32-24-22-30-39-50(41-34-44-54-45(5)51)40-31-23-25-33-43-56-49(53)47(36-27-17-13-9-4)38-29-21-19-15-11-7-2/h46-47H,6-44H2,1-5H3. The summed E-state index contributed by atoms with van der Waals surface area (Å²) in [4.78, 5) is 39.8. The highest BCUT2D eigenvalue weighted by atomic mass is 16.5. The van der Waals surface area contributed by atoms with Crippen LogP contribution in [0.2, 0.25) is 0 Å². The number of unbranched alkanes of at least 4 members (excludes halogenated alkanes) is 22. The Balaban J connectivity index is 4.50. The Bertz CT molecular complexity index is 808. The summed E-state index contributed by atoms with van der Waals surface area (Å²) in [7, 11) is 0. The van der Waals surface area contributed by atoms with Crippen LogP contribution in [-0.2, 0) is 28.6 Å². The smallest absolute Gasteiger partial charge is 0.308 e. The first-order chi connectivity index (χ1) is 27.4. The topological polar surface area (TPSA) is 82.1 Å². The van der Waals surface area contributed by atoms with Crippen LogP contribution in [0.25, 0.3) is 0 Å². The zero-order valence-electron chi connectivity index (χ0n) is 38.1. The summed E-state index contributed by atoms with van der Waals surface area (Å²) >= 11 is 0. The minimum absolute atomic E-state index is 0.0395. The van der Waals surface area contributed by atoms with E-state index in [2.05, 4.69) is 32.6 Å². The van der Waals surface area contributed by atoms with Gasteiger partial charge in [-0.3, -0.25) is 14.4 Å². The van der Waals surface area contributed by atoms with E-state index in [-0.39, 0.29) is 29.7 Å². The van der Waals surface area contributed by atoms with Crippen molar-refractivity contribution in [1.82, 2.24) is 4.90 Å². The van der Waals surface area contributed by atoms with Crippen molar-refractivity contribution in [3.8, 4) is 0 Å². The second kappa shape index (κ2) is 43.0. The van der Waals surface area contributed by atoms with E-state index < -0.39 is 0 Å². The van der Waals surface area contributed by atoms with Gasteiger partial charge < -0.3 is 19.1 Å². The second-order valence-electron chi connectivity index (χ2n) is 16.9. The van der Waals surface area contributed by atoms with Gasteiger partial charge in [-0.2, -0.15) is 0 Å². The molecule has 2 atom stereocenters. The third-order valence-electron chi connectivity index (χ3n) is 11.4. The number of hydrogen-bond donors (Lipinski definition) is 0. The van der Waals surface area contributed by atoms with Crippen molar-refractivity contribution in [1.29, 1.82) is 0 Å². The van der Waals surface area contributed by atoms with Crippen LogP contribution in [0.3, 0.4) is 0 Å². The van der Waals surface area contributed by atoms with E-state index in [4.69, 9.17) is 14.2 Å². The number of ether oxygens (including phenoxy) is 3. The van der Waals surface area contributed by atoms with E-state index in [9.17, 15) is 14.4 Å². The maximum absolute atomic E-state index is 13.0. The van der Waals surface area contributed by atoms with E-state index in [0.29, 0.717) is 19.8 Å². The predicted molar refractivity (Wildman–Crippen MR) is 237 cm³/mol. The van der Waals surface area contributed by atoms with Crippen molar-refractivity contribution in [2.75, 3.05) is 39.5 Å². The lowest BCUT2D eigenvalue weighted by Gasteiger charge is -2.22. The molecule has 0 rings (SSSR count). The molecule has 332 valence electrons. The van der Waals surface area contributed by atoms with Gasteiger partial charge in [-0.1, -0.05) is 182 Å². The maximum Gasteiger partial charge on any atom is 0.308 e. The van der Waals surface area contributed by atoms with Crippen LogP contribution in [0.15, 0.2) is 0 Å². The molecule has 0 aliphatic heterocycles. The Kier molecular flexibility index (Phi) is 41.7. The van der Waals surface area contributed by atoms with Crippen LogP contribution in [0.4, 0.5) is 0 Å². The van der Waals surface area contributed by atoms with E-state index in [0.717, 1.165) is 129 Å². The van der Waals surface area contributed by atoms with Crippen molar-refractivity contribution in [3.05, 3.63) is 0 Å². The van der Waals surface area contributed by atoms with E-state index in [1.165, 1.54) is 110 Å². The summed E-state index contributed by atoms with van der Waals surface area (Å²) in [6, 6.07) is 0. The lowest BCUT2D eigenvalue weighted by molar-refractivity contribution is -0.150. The molecule has 2 unspecified atom stereocenters. The summed E-state index contributed by atoms with van der Waals surface area (Å²) in [5, 5.41) is 0. The molecule has 0 aliphatic rings. The highest BCUT2D eigenvalue weighted by Crippen LogP contribution is 2.22. The second-order valence-corrected chi connectivity index (χ2v) is 16.9. The SMILES string of the molecule is CCCCCCCCC(CCCCCC)C(=O)OCCCCCCN(CCCCCCOC(=O)C(CCCCCC)CCCCCCCC)CCCOC(C)=O. The lowest BCUT2D eigenvalue weighted by Crippen LogP contribution is -2.28. The number of carbonyl (C=O) groups is 3. The van der Waals surface area contributed by atoms with Gasteiger partial charge in [0.2, 0.25) is 0 Å². The lowest BCUT2D eigenvalue weighted by atomic mass is 9.94. The summed E-state index contributed by atoms with van der Waals surface area (Å²) in [5.41, 5.74) is 0. The average molecular weight is 794 g/mol. The highest BCUT2D eigenvalue weighted by molar-refractivity contribution is 5.72. The molecule has 7 heteroatoms. The Morgan fingerprint density at radius 1 is 0.357 bits per heavy atom. The number of carbonyl (C=O) groups excluding carboxylic acids is 3. The fourth-order valence-electron chi connectivity index (χ4n) is 7.74. The quantitative estimate of drug-likeness (QED) is 0.0345. The number of rotatable bonds is 44. The fraction of sp³-hybridized carbons (Fsp3) is 0.939. The average Bonchev–Trinajstić information content (AvgIpc) is 3.19. The first-order valence-corrected chi connectivity index (χ1v) is 24.6. The molecule has 0 fully saturated rings. The molecule has 0 saturated carbocycles. The molecule has 0 aromatic heterocycles. The molecule has 0 saturated heterocycles. The number of nitrogens with zero attached hydrogens (tertiary/aromatic N) is 1. The third-order valence-corrected chi connectivity index (χ3v) is 11.4. The fourth-order valence-corrected chi connectivity index (χ4v) is 7.74. The Hall–Kier alpha value is -1.63. The van der Waals surface area contributed by atoms with Crippen molar-refractivity contribution < 1.29 is 28.6 Å². The number of hydrogen-bond acceptors (Lipinski definition) is 7. The Labute approximate surface area is 348 Å². The minimum atomic E-state index is -0.214. The number of esters is 3. The maximum atomic E-state index is 13.0. The summed E-state index contributed by atoms with van der Waals surface area (Å²) in [5.74, 6) is 0.0141. The van der Waals surface area contributed by atoms with Crippen LogP contribution in [0.5, 0.6) is 0 Å². The predicted octanol–water partition coefficient (Wildman–Crippen LogP) is 14.1. The van der Waals surface area contributed by atoms with Gasteiger partial charge >= 0.3 is 17.9 Å². The van der Waals surface area contributed by atoms with Crippen LogP contribution in [0, 0.1) is 11.8 Å². The minimum Gasteiger partial charge on any atom is -0.466 e. The van der Waals surface area contributed by atoms with Crippen LogP contribution in [0.1, 0.15) is 247 Å². The van der Waals surface area contributed by atoms with Crippen molar-refractivity contribution >= 4 is 17.9 Å². The summed E-state index contributed by atoms with van der Waals surface area (Å²) < 4.78 is 16.8. The molecule has 0 amide bonds. The largest absolute Gasteiger partial charge is 0.466 e. The molecule has 0 heterocycles. The van der Waals surface area contributed by atoms with Gasteiger partial charge in [0, 0.05) is 13.5 Å². The molecule has 7 nitrogen and oxygen atoms in total. The van der Waals surface area contributed by atoms with Gasteiger partial charge in [0.1, 0.15) is 0 Å². The van der Waals surface area contributed by atoms with Gasteiger partial charge in [0.25, 0.3) is 0 Å². The Morgan fingerprint density at radius 2 is 0.643 bits per heavy atom. The molecular formula is C49H95NO6. The van der Waals surface area contributed by atoms with Gasteiger partial charge in [-0.05, 0) is 70.9 Å². The molecular weight excluding hydrogens is 699 g/mol. The van der Waals surface area contributed by atoms with Crippen molar-refractivity contribution in [2.24, 2.45) is 11.8 Å². The molecule has 56 heavy (non-hydrogen) atoms. The highest BCUT2D eigenvalue weighted by Gasteiger charge is 2.20. The van der Waals surface area contributed by atoms with Crippen LogP contribution >= 0.6 is 0 Å². The molecule has 0 bridgehead atoms. The molecule has 0 spiro atoms. The van der Waals surface area contributed by atoms with Crippen LogP contribution < -0.4 is 0 Å². The molecule has 0 aliphatic carbocycles. The first kappa shape index (κ1) is 54.4. The third kappa shape index (κ3) is 36.7. The molecule has 0 N–H and O–H groups in total. The molecule has 0 aromatic carbocycles. The molecule has 0 radical (unpaired) electrons. The van der Waals surface area contributed by atoms with E-state index in [1.54, 1.807) is 0 Å². The van der Waals surface area contributed by atoms with Gasteiger partial charge in [0.15, 0.2) is 0 Å². The normalized spacial score (nSPS) is 12.5. The van der Waals surface area contributed by atoms with Crippen LogP contribution in [-0.4, -0.2) is 62.3 Å². The van der Waals surface area contributed by atoms with Gasteiger partial charge in [0.05, 0.1) is 31.7 Å². The van der Waals surface area contributed by atoms with Gasteiger partial charge in [-0.15, -0.1) is 0 Å². The van der Waals surface area contributed by atoms with E-state index >= 15 is 0 Å². The zero-order chi connectivity index (χ0) is 41.2. The Morgan fingerprint density at radius 3 is 1.02 bits per heavy atom. The van der Waals surface area contributed by atoms with E-state index in [1.807, 2.05) is 0 Å². The zero-order valence-corrected chi connectivity index (χ0v) is 38.1. The first-order valence-electron chi connectivity index (χ1n) is 24.6. The summed E-state index contributed by atoms with van der Waals surface area (Å²) in [6.45, 7) is 15.0. The molecule has 0 aromatic rings. The summed E-state index contributed by atoms with van der Waals surface area (Å²) in [6.07, 6.45) is 38.0. The van der Waals surface area contributed by atoms with Crippen molar-refractivity contribution in [3.63, 3.8) is 0 Å². The monoisotopic (exact) mass is 794 g/mol. The van der Waals surface area contributed by atoms with Gasteiger partial charge in [-0.25, -0.2) is 0 Å². The van der Waals surface area contributed by atoms with Crippen molar-refractivity contribution in [2.45, 2.75) is 247 Å².